The average molecular weight is 298 g/mol. The molecule has 0 aliphatic carbocycles. The van der Waals surface area contributed by atoms with Crippen molar-refractivity contribution >= 4 is 6.08 Å². The number of benzene rings is 2. The zero-order chi connectivity index (χ0) is 15.5. The predicted octanol–water partition coefficient (Wildman–Crippen LogP) is 3.86. The smallest absolute Gasteiger partial charge is 0.203 e. The summed E-state index contributed by atoms with van der Waals surface area (Å²) >= 11 is 0. The quantitative estimate of drug-likeness (QED) is 0.859. The summed E-state index contributed by atoms with van der Waals surface area (Å²) in [7, 11) is 4.81. The van der Waals surface area contributed by atoms with Gasteiger partial charge in [0.15, 0.2) is 11.5 Å². The lowest BCUT2D eigenvalue weighted by molar-refractivity contribution is 0.241. The Balaban J connectivity index is 2.03. The van der Waals surface area contributed by atoms with E-state index in [0.29, 0.717) is 17.2 Å². The lowest BCUT2D eigenvalue weighted by Crippen LogP contribution is -2.11. The van der Waals surface area contributed by atoms with Gasteiger partial charge in [-0.15, -0.1) is 0 Å². The molecule has 0 aromatic heterocycles. The fourth-order valence-corrected chi connectivity index (χ4v) is 2.61. The highest BCUT2D eigenvalue weighted by atomic mass is 16.5. The van der Waals surface area contributed by atoms with E-state index in [1.54, 1.807) is 21.3 Å². The zero-order valence-corrected chi connectivity index (χ0v) is 12.8. The van der Waals surface area contributed by atoms with Crippen LogP contribution in [0.15, 0.2) is 42.5 Å². The number of fused-ring (bicyclic) bond motifs is 1. The molecule has 114 valence electrons. The van der Waals surface area contributed by atoms with Crippen molar-refractivity contribution in [2.45, 2.75) is 6.10 Å². The van der Waals surface area contributed by atoms with E-state index in [0.717, 1.165) is 16.9 Å². The van der Waals surface area contributed by atoms with Crippen LogP contribution >= 0.6 is 0 Å². The lowest BCUT2D eigenvalue weighted by atomic mass is 10.0. The Morgan fingerprint density at radius 2 is 1.64 bits per heavy atom. The third-order valence-corrected chi connectivity index (χ3v) is 3.66. The Morgan fingerprint density at radius 1 is 0.864 bits per heavy atom. The number of para-hydroxylation sites is 1. The minimum atomic E-state index is -0.232. The molecule has 0 N–H and O–H groups in total. The highest BCUT2D eigenvalue weighted by molar-refractivity contribution is 5.63. The molecule has 2 aromatic carbocycles. The third-order valence-electron chi connectivity index (χ3n) is 3.66. The summed E-state index contributed by atoms with van der Waals surface area (Å²) in [6.45, 7) is 0. The maximum atomic E-state index is 6.07. The van der Waals surface area contributed by atoms with Gasteiger partial charge in [-0.1, -0.05) is 24.3 Å². The van der Waals surface area contributed by atoms with Gasteiger partial charge in [0.1, 0.15) is 11.9 Å². The van der Waals surface area contributed by atoms with Crippen molar-refractivity contribution in [3.05, 3.63) is 53.6 Å². The van der Waals surface area contributed by atoms with Gasteiger partial charge in [-0.3, -0.25) is 0 Å². The number of rotatable bonds is 4. The van der Waals surface area contributed by atoms with Gasteiger partial charge in [0.25, 0.3) is 0 Å². The van der Waals surface area contributed by atoms with Crippen LogP contribution in [-0.4, -0.2) is 21.3 Å². The first-order valence-electron chi connectivity index (χ1n) is 7.01. The van der Waals surface area contributed by atoms with E-state index >= 15 is 0 Å². The lowest BCUT2D eigenvalue weighted by Gasteiger charge is -2.24. The first-order chi connectivity index (χ1) is 10.8. The number of ether oxygens (including phenoxy) is 4. The maximum absolute atomic E-state index is 6.07. The second-order valence-electron chi connectivity index (χ2n) is 4.86. The Bertz CT molecular complexity index is 706. The van der Waals surface area contributed by atoms with Crippen LogP contribution in [0.4, 0.5) is 0 Å². The van der Waals surface area contributed by atoms with Gasteiger partial charge in [0.2, 0.25) is 5.75 Å². The molecule has 4 nitrogen and oxygen atoms in total. The minimum absolute atomic E-state index is 0.232. The summed E-state index contributed by atoms with van der Waals surface area (Å²) in [5, 5.41) is 0. The maximum Gasteiger partial charge on any atom is 0.203 e. The van der Waals surface area contributed by atoms with Crippen molar-refractivity contribution in [3.63, 3.8) is 0 Å². The highest BCUT2D eigenvalue weighted by Crippen LogP contribution is 2.44. The van der Waals surface area contributed by atoms with Gasteiger partial charge in [-0.2, -0.15) is 0 Å². The molecule has 0 radical (unpaired) electrons. The number of methoxy groups -OCH3 is 3. The van der Waals surface area contributed by atoms with Crippen molar-refractivity contribution < 1.29 is 18.9 Å². The van der Waals surface area contributed by atoms with E-state index in [1.165, 1.54) is 0 Å². The van der Waals surface area contributed by atoms with Gasteiger partial charge in [-0.25, -0.2) is 0 Å². The summed E-state index contributed by atoms with van der Waals surface area (Å²) in [6.07, 6.45) is 3.83. The van der Waals surface area contributed by atoms with Crippen molar-refractivity contribution in [3.8, 4) is 23.0 Å². The normalized spacial score (nSPS) is 15.7. The van der Waals surface area contributed by atoms with Crippen LogP contribution in [0.1, 0.15) is 17.2 Å². The van der Waals surface area contributed by atoms with Crippen LogP contribution < -0.4 is 18.9 Å². The summed E-state index contributed by atoms with van der Waals surface area (Å²) in [5.41, 5.74) is 1.96. The van der Waals surface area contributed by atoms with Gasteiger partial charge >= 0.3 is 0 Å². The van der Waals surface area contributed by atoms with Gasteiger partial charge in [0.05, 0.1) is 21.3 Å². The Morgan fingerprint density at radius 3 is 2.36 bits per heavy atom. The first kappa shape index (κ1) is 14.3. The standard InChI is InChI=1S/C18H18O4/c1-19-16-11-9-13(17(20-2)18(16)21-3)15-10-8-12-6-4-5-7-14(12)22-15/h4-11,15H,1-3H3. The van der Waals surface area contributed by atoms with Crippen molar-refractivity contribution in [1.82, 2.24) is 0 Å². The summed E-state index contributed by atoms with van der Waals surface area (Å²) in [5.74, 6) is 2.67. The summed E-state index contributed by atoms with van der Waals surface area (Å²) in [6, 6.07) is 11.7. The molecule has 0 fully saturated rings. The fourth-order valence-electron chi connectivity index (χ4n) is 2.61. The molecule has 3 rings (SSSR count). The molecule has 0 saturated carbocycles. The molecular weight excluding hydrogens is 280 g/mol. The number of hydrogen-bond donors (Lipinski definition) is 0. The van der Waals surface area contributed by atoms with E-state index in [1.807, 2.05) is 42.5 Å². The molecule has 1 aliphatic heterocycles. The largest absolute Gasteiger partial charge is 0.493 e. The Kier molecular flexibility index (Phi) is 3.92. The molecular formula is C18H18O4. The molecule has 1 aliphatic rings. The van der Waals surface area contributed by atoms with E-state index in [9.17, 15) is 0 Å². The summed E-state index contributed by atoms with van der Waals surface area (Å²) in [4.78, 5) is 0. The van der Waals surface area contributed by atoms with Crippen molar-refractivity contribution in [1.29, 1.82) is 0 Å². The zero-order valence-electron chi connectivity index (χ0n) is 12.8. The molecule has 0 amide bonds. The SMILES string of the molecule is COc1ccc(C2C=Cc3ccccc3O2)c(OC)c1OC. The van der Waals surface area contributed by atoms with E-state index in [4.69, 9.17) is 18.9 Å². The molecule has 0 bridgehead atoms. The van der Waals surface area contributed by atoms with Crippen LogP contribution in [0.2, 0.25) is 0 Å². The minimum Gasteiger partial charge on any atom is -0.493 e. The molecule has 0 saturated heterocycles. The van der Waals surface area contributed by atoms with E-state index < -0.39 is 0 Å². The molecule has 22 heavy (non-hydrogen) atoms. The molecule has 1 heterocycles. The van der Waals surface area contributed by atoms with Crippen LogP contribution in [-0.2, 0) is 0 Å². The highest BCUT2D eigenvalue weighted by Gasteiger charge is 2.24. The van der Waals surface area contributed by atoms with Crippen LogP contribution in [0.3, 0.4) is 0 Å². The van der Waals surface area contributed by atoms with E-state index in [-0.39, 0.29) is 6.10 Å². The third kappa shape index (κ3) is 2.37. The van der Waals surface area contributed by atoms with Gasteiger partial charge in [-0.05, 0) is 24.3 Å². The molecule has 4 heteroatoms. The summed E-state index contributed by atoms with van der Waals surface area (Å²) < 4.78 is 22.3. The molecule has 1 unspecified atom stereocenters. The second-order valence-corrected chi connectivity index (χ2v) is 4.86. The monoisotopic (exact) mass is 298 g/mol. The van der Waals surface area contributed by atoms with Crippen LogP contribution in [0, 0.1) is 0 Å². The number of hydrogen-bond acceptors (Lipinski definition) is 4. The van der Waals surface area contributed by atoms with Crippen molar-refractivity contribution in [2.24, 2.45) is 0 Å². The molecule has 2 aromatic rings. The Hall–Kier alpha value is -2.62. The second kappa shape index (κ2) is 6.02. The predicted molar refractivity (Wildman–Crippen MR) is 84.9 cm³/mol. The van der Waals surface area contributed by atoms with Crippen LogP contribution in [0.5, 0.6) is 23.0 Å². The van der Waals surface area contributed by atoms with E-state index in [2.05, 4.69) is 6.08 Å². The van der Waals surface area contributed by atoms with Gasteiger partial charge in [0, 0.05) is 11.1 Å². The molecule has 0 spiro atoms. The average Bonchev–Trinajstić information content (AvgIpc) is 2.59. The van der Waals surface area contributed by atoms with Crippen LogP contribution in [0.25, 0.3) is 6.08 Å². The first-order valence-corrected chi connectivity index (χ1v) is 7.01. The van der Waals surface area contributed by atoms with Gasteiger partial charge < -0.3 is 18.9 Å². The topological polar surface area (TPSA) is 36.9 Å². The Labute approximate surface area is 129 Å². The molecule has 1 atom stereocenters. The van der Waals surface area contributed by atoms with Crippen molar-refractivity contribution in [2.75, 3.05) is 21.3 Å². The fraction of sp³-hybridized carbons (Fsp3) is 0.222.